The Hall–Kier alpha value is -2.90. The van der Waals surface area contributed by atoms with Crippen molar-refractivity contribution < 1.29 is 14.1 Å². The molecule has 0 unspecified atom stereocenters. The number of aromatic nitrogens is 2. The van der Waals surface area contributed by atoms with Crippen molar-refractivity contribution in [2.45, 2.75) is 51.9 Å². The number of rotatable bonds is 4. The van der Waals surface area contributed by atoms with Crippen LogP contribution in [0, 0.1) is 11.8 Å². The van der Waals surface area contributed by atoms with Gasteiger partial charge < -0.3 is 19.2 Å². The number of hydrogen-bond donors (Lipinski definition) is 0. The SMILES string of the molecule is CC1CCN(c2ccc(-c3noc(C(=O)N4CCN(C(=O)C5CCCCC5)CC4)n3)cc2)CC1. The smallest absolute Gasteiger partial charge is 0.316 e. The lowest BCUT2D eigenvalue weighted by atomic mass is 9.88. The van der Waals surface area contributed by atoms with Crippen molar-refractivity contribution >= 4 is 17.5 Å². The summed E-state index contributed by atoms with van der Waals surface area (Å²) in [4.78, 5) is 36.1. The Morgan fingerprint density at radius 1 is 0.853 bits per heavy atom. The Kier molecular flexibility index (Phi) is 6.83. The molecule has 1 aromatic heterocycles. The van der Waals surface area contributed by atoms with Gasteiger partial charge in [0.2, 0.25) is 11.7 Å². The second-order valence-electron chi connectivity index (χ2n) is 10.1. The van der Waals surface area contributed by atoms with Crippen LogP contribution in [0.5, 0.6) is 0 Å². The van der Waals surface area contributed by atoms with Crippen molar-refractivity contribution in [1.29, 1.82) is 0 Å². The van der Waals surface area contributed by atoms with Crippen LogP contribution in [0.1, 0.15) is 62.6 Å². The van der Waals surface area contributed by atoms with Crippen LogP contribution in [0.4, 0.5) is 5.69 Å². The van der Waals surface area contributed by atoms with Crippen molar-refractivity contribution in [3.8, 4) is 11.4 Å². The number of carbonyl (C=O) groups excluding carboxylic acids is 2. The number of benzene rings is 1. The summed E-state index contributed by atoms with van der Waals surface area (Å²) in [7, 11) is 0. The van der Waals surface area contributed by atoms with E-state index in [1.165, 1.54) is 24.9 Å². The zero-order valence-corrected chi connectivity index (χ0v) is 20.1. The van der Waals surface area contributed by atoms with Gasteiger partial charge in [-0.2, -0.15) is 4.98 Å². The standard InChI is InChI=1S/C26H35N5O3/c1-19-11-13-29(14-12-19)22-9-7-20(8-10-22)23-27-24(34-28-23)26(33)31-17-15-30(16-18-31)25(32)21-5-3-2-4-6-21/h7-10,19,21H,2-6,11-18H2,1H3. The molecule has 3 heterocycles. The van der Waals surface area contributed by atoms with E-state index in [0.717, 1.165) is 50.3 Å². The maximum absolute atomic E-state index is 12.9. The van der Waals surface area contributed by atoms with E-state index < -0.39 is 0 Å². The summed E-state index contributed by atoms with van der Waals surface area (Å²) < 4.78 is 5.32. The molecular weight excluding hydrogens is 430 g/mol. The lowest BCUT2D eigenvalue weighted by Crippen LogP contribution is -2.52. The Labute approximate surface area is 201 Å². The third-order valence-corrected chi connectivity index (χ3v) is 7.72. The molecular formula is C26H35N5O3. The molecule has 2 aliphatic heterocycles. The molecule has 3 aliphatic rings. The van der Waals surface area contributed by atoms with E-state index >= 15 is 0 Å². The molecule has 0 spiro atoms. The van der Waals surface area contributed by atoms with Gasteiger partial charge in [0.05, 0.1) is 0 Å². The first-order valence-electron chi connectivity index (χ1n) is 12.9. The van der Waals surface area contributed by atoms with Gasteiger partial charge in [0, 0.05) is 56.4 Å². The lowest BCUT2D eigenvalue weighted by Gasteiger charge is -2.36. The number of anilines is 1. The summed E-state index contributed by atoms with van der Waals surface area (Å²) in [6, 6.07) is 8.15. The summed E-state index contributed by atoms with van der Waals surface area (Å²) in [5, 5.41) is 4.05. The summed E-state index contributed by atoms with van der Waals surface area (Å²) in [5.41, 5.74) is 2.04. The molecule has 0 bridgehead atoms. The quantitative estimate of drug-likeness (QED) is 0.682. The van der Waals surface area contributed by atoms with Gasteiger partial charge in [0.1, 0.15) is 0 Å². The van der Waals surface area contributed by atoms with Gasteiger partial charge in [0.15, 0.2) is 0 Å². The van der Waals surface area contributed by atoms with E-state index in [-0.39, 0.29) is 23.6 Å². The maximum Gasteiger partial charge on any atom is 0.316 e. The van der Waals surface area contributed by atoms with Gasteiger partial charge in [0.25, 0.3) is 0 Å². The molecule has 34 heavy (non-hydrogen) atoms. The summed E-state index contributed by atoms with van der Waals surface area (Å²) in [6.45, 7) is 6.61. The van der Waals surface area contributed by atoms with Gasteiger partial charge >= 0.3 is 11.8 Å². The van der Waals surface area contributed by atoms with Crippen LogP contribution in [-0.2, 0) is 4.79 Å². The predicted molar refractivity (Wildman–Crippen MR) is 129 cm³/mol. The van der Waals surface area contributed by atoms with Crippen LogP contribution in [0.2, 0.25) is 0 Å². The molecule has 182 valence electrons. The van der Waals surface area contributed by atoms with Crippen LogP contribution in [-0.4, -0.2) is 71.0 Å². The highest BCUT2D eigenvalue weighted by Gasteiger charge is 2.31. The van der Waals surface area contributed by atoms with Crippen LogP contribution >= 0.6 is 0 Å². The summed E-state index contributed by atoms with van der Waals surface area (Å²) in [6.07, 6.45) is 7.98. The first-order chi connectivity index (χ1) is 16.6. The first-order valence-corrected chi connectivity index (χ1v) is 12.9. The third-order valence-electron chi connectivity index (χ3n) is 7.72. The highest BCUT2D eigenvalue weighted by atomic mass is 16.5. The van der Waals surface area contributed by atoms with Crippen molar-refractivity contribution in [2.24, 2.45) is 11.8 Å². The van der Waals surface area contributed by atoms with E-state index in [9.17, 15) is 9.59 Å². The van der Waals surface area contributed by atoms with E-state index in [0.29, 0.717) is 32.0 Å². The molecule has 2 saturated heterocycles. The molecule has 0 N–H and O–H groups in total. The first kappa shape index (κ1) is 22.9. The van der Waals surface area contributed by atoms with E-state index in [1.807, 2.05) is 17.0 Å². The number of nitrogens with zero attached hydrogens (tertiary/aromatic N) is 5. The largest absolute Gasteiger partial charge is 0.372 e. The third kappa shape index (κ3) is 4.95. The van der Waals surface area contributed by atoms with E-state index in [4.69, 9.17) is 4.52 Å². The minimum absolute atomic E-state index is 0.0103. The van der Waals surface area contributed by atoms with Gasteiger partial charge in [-0.05, 0) is 55.9 Å². The minimum Gasteiger partial charge on any atom is -0.372 e. The van der Waals surface area contributed by atoms with E-state index in [1.54, 1.807) is 4.90 Å². The average molecular weight is 466 g/mol. The fourth-order valence-electron chi connectivity index (χ4n) is 5.39. The molecule has 0 radical (unpaired) electrons. The number of piperazine rings is 1. The molecule has 0 atom stereocenters. The lowest BCUT2D eigenvalue weighted by molar-refractivity contribution is -0.138. The van der Waals surface area contributed by atoms with Crippen LogP contribution in [0.15, 0.2) is 28.8 Å². The summed E-state index contributed by atoms with van der Waals surface area (Å²) in [5.74, 6) is 1.40. The number of piperidine rings is 1. The van der Waals surface area contributed by atoms with E-state index in [2.05, 4.69) is 34.1 Å². The predicted octanol–water partition coefficient (Wildman–Crippen LogP) is 3.84. The number of hydrogen-bond acceptors (Lipinski definition) is 6. The van der Waals surface area contributed by atoms with Crippen LogP contribution in [0.25, 0.3) is 11.4 Å². The highest BCUT2D eigenvalue weighted by molar-refractivity contribution is 5.90. The summed E-state index contributed by atoms with van der Waals surface area (Å²) >= 11 is 0. The average Bonchev–Trinajstić information content (AvgIpc) is 3.39. The van der Waals surface area contributed by atoms with Crippen LogP contribution in [0.3, 0.4) is 0 Å². The molecule has 5 rings (SSSR count). The monoisotopic (exact) mass is 465 g/mol. The van der Waals surface area contributed by atoms with Gasteiger partial charge in [-0.1, -0.05) is 31.3 Å². The van der Waals surface area contributed by atoms with Gasteiger partial charge in [-0.15, -0.1) is 0 Å². The fourth-order valence-corrected chi connectivity index (χ4v) is 5.39. The number of carbonyl (C=O) groups is 2. The Balaban J connectivity index is 1.16. The Morgan fingerprint density at radius 3 is 2.18 bits per heavy atom. The molecule has 8 nitrogen and oxygen atoms in total. The van der Waals surface area contributed by atoms with Crippen molar-refractivity contribution in [2.75, 3.05) is 44.2 Å². The highest BCUT2D eigenvalue weighted by Crippen LogP contribution is 2.27. The minimum atomic E-state index is -0.262. The van der Waals surface area contributed by atoms with Gasteiger partial charge in [-0.25, -0.2) is 0 Å². The molecule has 1 aliphatic carbocycles. The molecule has 2 aromatic rings. The van der Waals surface area contributed by atoms with Crippen LogP contribution < -0.4 is 4.90 Å². The molecule has 3 fully saturated rings. The number of amides is 2. The molecule has 1 aromatic carbocycles. The zero-order valence-electron chi connectivity index (χ0n) is 20.1. The Bertz CT molecular complexity index is 982. The maximum atomic E-state index is 12.9. The van der Waals surface area contributed by atoms with Crippen molar-refractivity contribution in [3.63, 3.8) is 0 Å². The fraction of sp³-hybridized carbons (Fsp3) is 0.615. The van der Waals surface area contributed by atoms with Crippen molar-refractivity contribution in [1.82, 2.24) is 19.9 Å². The Morgan fingerprint density at radius 2 is 1.50 bits per heavy atom. The second kappa shape index (κ2) is 10.2. The molecule has 1 saturated carbocycles. The van der Waals surface area contributed by atoms with Crippen molar-refractivity contribution in [3.05, 3.63) is 30.2 Å². The normalized spacial score (nSPS) is 20.6. The second-order valence-corrected chi connectivity index (χ2v) is 10.1. The molecule has 8 heteroatoms. The zero-order chi connectivity index (χ0) is 23.5. The molecule has 2 amide bonds. The topological polar surface area (TPSA) is 82.8 Å². The van der Waals surface area contributed by atoms with Gasteiger partial charge in [-0.3, -0.25) is 9.59 Å².